The van der Waals surface area contributed by atoms with Crippen molar-refractivity contribution >= 4 is 17.8 Å². The first-order chi connectivity index (χ1) is 14.0. The fraction of sp³-hybridized carbons (Fsp3) is 0.318. The first-order valence-electron chi connectivity index (χ1n) is 9.47. The number of nitrogens with zero attached hydrogens (tertiary/aromatic N) is 1. The van der Waals surface area contributed by atoms with Crippen LogP contribution in [0.15, 0.2) is 54.6 Å². The predicted octanol–water partition coefficient (Wildman–Crippen LogP) is 2.59. The predicted molar refractivity (Wildman–Crippen MR) is 104 cm³/mol. The zero-order chi connectivity index (χ0) is 20.8. The number of halogens is 1. The van der Waals surface area contributed by atoms with Gasteiger partial charge in [-0.3, -0.25) is 14.4 Å². The third-order valence-corrected chi connectivity index (χ3v) is 5.02. The summed E-state index contributed by atoms with van der Waals surface area (Å²) in [4.78, 5) is 38.2. The number of rotatable bonds is 7. The van der Waals surface area contributed by atoms with Gasteiger partial charge in [0.2, 0.25) is 5.91 Å². The van der Waals surface area contributed by atoms with E-state index in [9.17, 15) is 18.8 Å². The molecule has 0 saturated carbocycles. The lowest BCUT2D eigenvalue weighted by Crippen LogP contribution is -2.32. The number of carbonyl (C=O) groups excluding carboxylic acids is 3. The fourth-order valence-corrected chi connectivity index (χ4v) is 3.32. The van der Waals surface area contributed by atoms with E-state index < -0.39 is 30.2 Å². The average molecular weight is 398 g/mol. The van der Waals surface area contributed by atoms with Gasteiger partial charge in [-0.1, -0.05) is 48.5 Å². The van der Waals surface area contributed by atoms with Crippen molar-refractivity contribution in [2.45, 2.75) is 25.9 Å². The number of esters is 1. The van der Waals surface area contributed by atoms with E-state index in [0.717, 1.165) is 5.56 Å². The molecule has 2 aromatic carbocycles. The molecule has 0 radical (unpaired) electrons. The van der Waals surface area contributed by atoms with E-state index in [2.05, 4.69) is 5.32 Å². The van der Waals surface area contributed by atoms with E-state index >= 15 is 0 Å². The van der Waals surface area contributed by atoms with Crippen molar-refractivity contribution in [3.05, 3.63) is 71.5 Å². The van der Waals surface area contributed by atoms with Crippen LogP contribution in [0.5, 0.6) is 0 Å². The van der Waals surface area contributed by atoms with Gasteiger partial charge >= 0.3 is 5.97 Å². The van der Waals surface area contributed by atoms with Crippen LogP contribution >= 0.6 is 0 Å². The van der Waals surface area contributed by atoms with Crippen LogP contribution < -0.4 is 5.32 Å². The maximum absolute atomic E-state index is 13.5. The van der Waals surface area contributed by atoms with Crippen LogP contribution in [-0.4, -0.2) is 35.8 Å². The van der Waals surface area contributed by atoms with E-state index in [1.54, 1.807) is 23.1 Å². The number of hydrogen-bond donors (Lipinski definition) is 1. The third-order valence-electron chi connectivity index (χ3n) is 5.02. The van der Waals surface area contributed by atoms with E-state index in [0.29, 0.717) is 5.56 Å². The molecule has 6 nitrogen and oxygen atoms in total. The molecule has 1 N–H and O–H groups in total. The van der Waals surface area contributed by atoms with Crippen molar-refractivity contribution in [3.63, 3.8) is 0 Å². The van der Waals surface area contributed by atoms with Crippen LogP contribution in [0.4, 0.5) is 4.39 Å². The number of benzene rings is 2. The Labute approximate surface area is 168 Å². The van der Waals surface area contributed by atoms with Crippen LogP contribution in [-0.2, 0) is 25.7 Å². The second-order valence-corrected chi connectivity index (χ2v) is 7.01. The highest BCUT2D eigenvalue weighted by Gasteiger charge is 2.38. The molecule has 0 bridgehead atoms. The van der Waals surface area contributed by atoms with Gasteiger partial charge in [0, 0.05) is 25.1 Å². The van der Waals surface area contributed by atoms with Gasteiger partial charge in [-0.25, -0.2) is 4.39 Å². The molecule has 2 aromatic rings. The Hall–Kier alpha value is -3.22. The topological polar surface area (TPSA) is 75.7 Å². The fourth-order valence-electron chi connectivity index (χ4n) is 3.32. The van der Waals surface area contributed by atoms with Crippen LogP contribution in [0.1, 0.15) is 30.5 Å². The summed E-state index contributed by atoms with van der Waals surface area (Å²) in [7, 11) is 0. The molecule has 1 aliphatic rings. The number of carbonyl (C=O) groups is 3. The quantitative estimate of drug-likeness (QED) is 0.728. The van der Waals surface area contributed by atoms with Gasteiger partial charge in [0.05, 0.1) is 12.0 Å². The Balaban J connectivity index is 1.47. The summed E-state index contributed by atoms with van der Waals surface area (Å²) >= 11 is 0. The minimum atomic E-state index is -0.604. The van der Waals surface area contributed by atoms with Gasteiger partial charge < -0.3 is 15.0 Å². The highest BCUT2D eigenvalue weighted by molar-refractivity contribution is 5.88. The molecule has 152 valence electrons. The van der Waals surface area contributed by atoms with Gasteiger partial charge in [-0.2, -0.15) is 0 Å². The number of nitrogens with one attached hydrogen (secondary N) is 1. The van der Waals surface area contributed by atoms with E-state index in [1.807, 2.05) is 37.3 Å². The Morgan fingerprint density at radius 1 is 1.17 bits per heavy atom. The summed E-state index contributed by atoms with van der Waals surface area (Å²) in [5.74, 6) is -2.25. The maximum atomic E-state index is 13.5. The third kappa shape index (κ3) is 5.19. The molecule has 0 unspecified atom stereocenters. The smallest absolute Gasteiger partial charge is 0.311 e. The van der Waals surface area contributed by atoms with Crippen molar-refractivity contribution in [2.75, 3.05) is 13.2 Å². The van der Waals surface area contributed by atoms with Crippen molar-refractivity contribution in [1.29, 1.82) is 0 Å². The average Bonchev–Trinajstić information content (AvgIpc) is 3.13. The molecule has 1 fully saturated rings. The largest absolute Gasteiger partial charge is 0.455 e. The first kappa shape index (κ1) is 20.5. The van der Waals surface area contributed by atoms with Crippen LogP contribution in [0.25, 0.3) is 0 Å². The standard InChI is InChI=1S/C22H23FN2O4/c1-15(16-7-3-2-4-8-16)25-13-18(11-21(25)27)22(28)29-14-20(26)24-12-17-9-5-6-10-19(17)23/h2-10,15,18H,11-14H2,1H3,(H,24,26)/t15-,18-/m0/s1. The Morgan fingerprint density at radius 2 is 1.86 bits per heavy atom. The van der Waals surface area contributed by atoms with Gasteiger partial charge in [-0.05, 0) is 18.6 Å². The number of likely N-dealkylation sites (tertiary alicyclic amines) is 1. The van der Waals surface area contributed by atoms with Crippen LogP contribution in [0.3, 0.4) is 0 Å². The molecule has 1 heterocycles. The van der Waals surface area contributed by atoms with Crippen molar-refractivity contribution in [3.8, 4) is 0 Å². The molecule has 29 heavy (non-hydrogen) atoms. The normalized spacial score (nSPS) is 17.1. The lowest BCUT2D eigenvalue weighted by molar-refractivity contribution is -0.152. The van der Waals surface area contributed by atoms with E-state index in [-0.39, 0.29) is 31.5 Å². The summed E-state index contributed by atoms with van der Waals surface area (Å²) in [5.41, 5.74) is 1.33. The number of hydrogen-bond acceptors (Lipinski definition) is 4. The SMILES string of the molecule is C[C@@H](c1ccccc1)N1C[C@@H](C(=O)OCC(=O)NCc2ccccc2F)CC1=O. The molecule has 0 aliphatic carbocycles. The van der Waals surface area contributed by atoms with Gasteiger partial charge in [0.15, 0.2) is 6.61 Å². The molecular weight excluding hydrogens is 375 g/mol. The van der Waals surface area contributed by atoms with E-state index in [4.69, 9.17) is 4.74 Å². The van der Waals surface area contributed by atoms with Crippen LogP contribution in [0, 0.1) is 11.7 Å². The molecule has 7 heteroatoms. The second kappa shape index (κ2) is 9.32. The maximum Gasteiger partial charge on any atom is 0.311 e. The molecule has 0 aromatic heterocycles. The van der Waals surface area contributed by atoms with Crippen molar-refractivity contribution in [2.24, 2.45) is 5.92 Å². The molecule has 3 rings (SSSR count). The molecule has 2 atom stereocenters. The zero-order valence-electron chi connectivity index (χ0n) is 16.1. The summed E-state index contributed by atoms with van der Waals surface area (Å²) in [6, 6.07) is 15.5. The highest BCUT2D eigenvalue weighted by atomic mass is 19.1. The molecular formula is C22H23FN2O4. The summed E-state index contributed by atoms with van der Waals surface area (Å²) in [6.45, 7) is 1.71. The Bertz CT molecular complexity index is 887. The minimum absolute atomic E-state index is 0.00728. The summed E-state index contributed by atoms with van der Waals surface area (Å²) < 4.78 is 18.6. The van der Waals surface area contributed by atoms with E-state index in [1.165, 1.54) is 6.07 Å². The Morgan fingerprint density at radius 3 is 2.59 bits per heavy atom. The van der Waals surface area contributed by atoms with Gasteiger partial charge in [-0.15, -0.1) is 0 Å². The monoisotopic (exact) mass is 398 g/mol. The molecule has 1 aliphatic heterocycles. The summed E-state index contributed by atoms with van der Waals surface area (Å²) in [6.07, 6.45) is 0.0624. The zero-order valence-corrected chi connectivity index (χ0v) is 16.1. The molecule has 1 saturated heterocycles. The lowest BCUT2D eigenvalue weighted by Gasteiger charge is -2.25. The number of ether oxygens (including phenoxy) is 1. The van der Waals surface area contributed by atoms with Gasteiger partial charge in [0.1, 0.15) is 5.82 Å². The Kier molecular flexibility index (Phi) is 6.59. The molecule has 0 spiro atoms. The van der Waals surface area contributed by atoms with Gasteiger partial charge in [0.25, 0.3) is 5.91 Å². The second-order valence-electron chi connectivity index (χ2n) is 7.01. The highest BCUT2D eigenvalue weighted by Crippen LogP contribution is 2.28. The lowest BCUT2D eigenvalue weighted by atomic mass is 10.1. The minimum Gasteiger partial charge on any atom is -0.455 e. The van der Waals surface area contributed by atoms with Crippen LogP contribution in [0.2, 0.25) is 0 Å². The number of amides is 2. The van der Waals surface area contributed by atoms with Crippen molar-refractivity contribution < 1.29 is 23.5 Å². The first-order valence-corrected chi connectivity index (χ1v) is 9.47. The molecule has 2 amide bonds. The summed E-state index contributed by atoms with van der Waals surface area (Å²) in [5, 5.41) is 2.51. The van der Waals surface area contributed by atoms with Crippen molar-refractivity contribution in [1.82, 2.24) is 10.2 Å².